The van der Waals surface area contributed by atoms with E-state index in [9.17, 15) is 14.4 Å². The molecule has 1 heterocycles. The van der Waals surface area contributed by atoms with Crippen LogP contribution < -0.4 is 10.6 Å². The lowest BCUT2D eigenvalue weighted by Crippen LogP contribution is -2.41. The van der Waals surface area contributed by atoms with Gasteiger partial charge in [0.05, 0.1) is 5.69 Å². The second kappa shape index (κ2) is 7.74. The molecule has 1 aromatic carbocycles. The van der Waals surface area contributed by atoms with Gasteiger partial charge in [-0.15, -0.1) is 0 Å². The second-order valence-corrected chi connectivity index (χ2v) is 4.63. The van der Waals surface area contributed by atoms with Crippen LogP contribution in [-0.4, -0.2) is 29.7 Å². The van der Waals surface area contributed by atoms with Crippen LogP contribution in [0.3, 0.4) is 0 Å². The number of rotatable bonds is 5. The first-order valence-corrected chi connectivity index (χ1v) is 6.76. The number of hydrogen-bond acceptors (Lipinski definition) is 6. The third-order valence-electron chi connectivity index (χ3n) is 2.71. The van der Waals surface area contributed by atoms with E-state index in [-0.39, 0.29) is 12.3 Å². The number of esters is 1. The molecule has 2 aromatic rings. The van der Waals surface area contributed by atoms with Gasteiger partial charge >= 0.3 is 12.0 Å². The summed E-state index contributed by atoms with van der Waals surface area (Å²) in [6.07, 6.45) is 0. The number of amides is 3. The Hall–Kier alpha value is -3.16. The number of carbonyl (C=O) groups is 3. The van der Waals surface area contributed by atoms with Crippen LogP contribution in [0.4, 0.5) is 4.79 Å². The zero-order valence-corrected chi connectivity index (χ0v) is 12.4. The number of ether oxygens (including phenoxy) is 1. The Kier molecular flexibility index (Phi) is 5.45. The summed E-state index contributed by atoms with van der Waals surface area (Å²) in [7, 11) is 0. The number of hydrogen-bond donors (Lipinski definition) is 2. The third kappa shape index (κ3) is 5.27. The normalized spacial score (nSPS) is 9.96. The molecule has 120 valence electrons. The highest BCUT2D eigenvalue weighted by atomic mass is 16.6. The molecule has 3 amide bonds. The first-order valence-electron chi connectivity index (χ1n) is 6.76. The van der Waals surface area contributed by atoms with Crippen molar-refractivity contribution in [3.63, 3.8) is 0 Å². The van der Waals surface area contributed by atoms with Crippen molar-refractivity contribution in [2.45, 2.75) is 13.5 Å². The fourth-order valence-electron chi connectivity index (χ4n) is 1.65. The molecule has 8 nitrogen and oxygen atoms in total. The van der Waals surface area contributed by atoms with E-state index in [2.05, 4.69) is 10.5 Å². The molecule has 0 unspecified atom stereocenters. The van der Waals surface area contributed by atoms with Crippen LogP contribution in [0.15, 0.2) is 40.9 Å². The van der Waals surface area contributed by atoms with Gasteiger partial charge in [-0.1, -0.05) is 35.5 Å². The van der Waals surface area contributed by atoms with Crippen molar-refractivity contribution in [2.75, 3.05) is 6.61 Å². The molecule has 0 aliphatic rings. The summed E-state index contributed by atoms with van der Waals surface area (Å²) in [4.78, 5) is 34.6. The fraction of sp³-hybridized carbons (Fsp3) is 0.200. The Morgan fingerprint density at radius 2 is 1.96 bits per heavy atom. The van der Waals surface area contributed by atoms with E-state index < -0.39 is 24.5 Å². The fourth-order valence-corrected chi connectivity index (χ4v) is 1.65. The summed E-state index contributed by atoms with van der Waals surface area (Å²) in [6, 6.07) is 9.91. The Bertz CT molecular complexity index is 696. The Balaban J connectivity index is 1.69. The average Bonchev–Trinajstić information content (AvgIpc) is 2.98. The number of imide groups is 1. The topological polar surface area (TPSA) is 111 Å². The monoisotopic (exact) mass is 317 g/mol. The largest absolute Gasteiger partial charge is 0.450 e. The van der Waals surface area contributed by atoms with Gasteiger partial charge in [0.2, 0.25) is 5.76 Å². The zero-order chi connectivity index (χ0) is 16.7. The summed E-state index contributed by atoms with van der Waals surface area (Å²) >= 11 is 0. The maximum Gasteiger partial charge on any atom is 0.377 e. The average molecular weight is 317 g/mol. The van der Waals surface area contributed by atoms with Gasteiger partial charge in [0, 0.05) is 12.6 Å². The lowest BCUT2D eigenvalue weighted by atomic mass is 10.2. The van der Waals surface area contributed by atoms with Crippen LogP contribution in [0.2, 0.25) is 0 Å². The lowest BCUT2D eigenvalue weighted by Gasteiger charge is -2.07. The van der Waals surface area contributed by atoms with Gasteiger partial charge in [-0.05, 0) is 12.5 Å². The lowest BCUT2D eigenvalue weighted by molar-refractivity contribution is -0.123. The van der Waals surface area contributed by atoms with Gasteiger partial charge < -0.3 is 14.6 Å². The summed E-state index contributed by atoms with van der Waals surface area (Å²) in [5, 5.41) is 8.09. The number of nitrogens with zero attached hydrogens (tertiary/aromatic N) is 1. The van der Waals surface area contributed by atoms with E-state index in [1.165, 1.54) is 6.07 Å². The van der Waals surface area contributed by atoms with Gasteiger partial charge in [0.15, 0.2) is 6.61 Å². The maximum absolute atomic E-state index is 11.5. The molecule has 1 aromatic heterocycles. The molecule has 0 spiro atoms. The number of aromatic nitrogens is 1. The summed E-state index contributed by atoms with van der Waals surface area (Å²) in [5.74, 6) is -1.69. The smallest absolute Gasteiger partial charge is 0.377 e. The quantitative estimate of drug-likeness (QED) is 0.801. The number of carbonyl (C=O) groups excluding carboxylic acids is 3. The van der Waals surface area contributed by atoms with Gasteiger partial charge in [-0.2, -0.15) is 0 Å². The molecule has 23 heavy (non-hydrogen) atoms. The Morgan fingerprint density at radius 1 is 1.22 bits per heavy atom. The van der Waals surface area contributed by atoms with E-state index in [4.69, 9.17) is 9.26 Å². The molecule has 0 aliphatic heterocycles. The maximum atomic E-state index is 11.5. The first-order chi connectivity index (χ1) is 11.0. The standard InChI is InChI=1S/C15H15N3O5/c1-10-7-12(23-18-10)14(20)22-9-13(19)17-15(21)16-8-11-5-3-2-4-6-11/h2-7H,8-9H2,1H3,(H2,16,17,19,21). The van der Waals surface area contributed by atoms with Crippen molar-refractivity contribution in [1.82, 2.24) is 15.8 Å². The molecule has 2 rings (SSSR count). The van der Waals surface area contributed by atoms with E-state index in [1.54, 1.807) is 6.92 Å². The summed E-state index contributed by atoms with van der Waals surface area (Å²) < 4.78 is 9.39. The number of urea groups is 1. The molecule has 0 bridgehead atoms. The first kappa shape index (κ1) is 16.2. The van der Waals surface area contributed by atoms with E-state index in [0.717, 1.165) is 5.56 Å². The van der Waals surface area contributed by atoms with Crippen molar-refractivity contribution in [2.24, 2.45) is 0 Å². The van der Waals surface area contributed by atoms with Crippen LogP contribution in [-0.2, 0) is 16.1 Å². The Labute approximate surface area is 131 Å². The van der Waals surface area contributed by atoms with E-state index in [0.29, 0.717) is 5.69 Å². The van der Waals surface area contributed by atoms with E-state index >= 15 is 0 Å². The molecule has 8 heteroatoms. The molecule has 0 aliphatic carbocycles. The van der Waals surface area contributed by atoms with Gasteiger partial charge in [-0.25, -0.2) is 9.59 Å². The van der Waals surface area contributed by atoms with Crippen LogP contribution in [0.5, 0.6) is 0 Å². The highest BCUT2D eigenvalue weighted by Gasteiger charge is 2.16. The van der Waals surface area contributed by atoms with Crippen molar-refractivity contribution >= 4 is 17.9 Å². The van der Waals surface area contributed by atoms with Crippen LogP contribution in [0.25, 0.3) is 0 Å². The number of benzene rings is 1. The molecular formula is C15H15N3O5. The SMILES string of the molecule is Cc1cc(C(=O)OCC(=O)NC(=O)NCc2ccccc2)on1. The molecular weight excluding hydrogens is 302 g/mol. The molecule has 2 N–H and O–H groups in total. The van der Waals surface area contributed by atoms with Crippen molar-refractivity contribution in [3.05, 3.63) is 53.4 Å². The van der Waals surface area contributed by atoms with Crippen molar-refractivity contribution in [1.29, 1.82) is 0 Å². The van der Waals surface area contributed by atoms with Crippen LogP contribution >= 0.6 is 0 Å². The predicted octanol–water partition coefficient (Wildman–Crippen LogP) is 1.17. The molecule has 0 radical (unpaired) electrons. The van der Waals surface area contributed by atoms with Crippen molar-refractivity contribution in [3.8, 4) is 0 Å². The molecule has 0 fully saturated rings. The highest BCUT2D eigenvalue weighted by Crippen LogP contribution is 2.03. The van der Waals surface area contributed by atoms with Crippen molar-refractivity contribution < 1.29 is 23.6 Å². The van der Waals surface area contributed by atoms with Gasteiger partial charge in [-0.3, -0.25) is 10.1 Å². The molecule has 0 saturated heterocycles. The zero-order valence-electron chi connectivity index (χ0n) is 12.4. The van der Waals surface area contributed by atoms with Crippen LogP contribution in [0, 0.1) is 6.92 Å². The number of nitrogens with one attached hydrogen (secondary N) is 2. The van der Waals surface area contributed by atoms with Gasteiger partial charge in [0.25, 0.3) is 5.91 Å². The Morgan fingerprint density at radius 3 is 2.61 bits per heavy atom. The second-order valence-electron chi connectivity index (χ2n) is 4.63. The van der Waals surface area contributed by atoms with E-state index in [1.807, 2.05) is 35.6 Å². The van der Waals surface area contributed by atoms with Crippen LogP contribution in [0.1, 0.15) is 21.8 Å². The molecule has 0 atom stereocenters. The molecule has 0 saturated carbocycles. The predicted molar refractivity (Wildman–Crippen MR) is 78.3 cm³/mol. The summed E-state index contributed by atoms with van der Waals surface area (Å²) in [6.45, 7) is 1.32. The van der Waals surface area contributed by atoms with Gasteiger partial charge in [0.1, 0.15) is 0 Å². The minimum absolute atomic E-state index is 0.108. The summed E-state index contributed by atoms with van der Waals surface area (Å²) in [5.41, 5.74) is 1.41. The minimum atomic E-state index is -0.828. The number of aryl methyl sites for hydroxylation is 1. The minimum Gasteiger partial charge on any atom is -0.450 e. The highest BCUT2D eigenvalue weighted by molar-refractivity contribution is 5.96. The third-order valence-corrected chi connectivity index (χ3v) is 2.71.